The Morgan fingerprint density at radius 3 is 2.56 bits per heavy atom. The molecule has 1 fully saturated rings. The van der Waals surface area contributed by atoms with Crippen LogP contribution in [0.4, 0.5) is 22.0 Å². The molecule has 0 aliphatic carbocycles. The summed E-state index contributed by atoms with van der Waals surface area (Å²) in [6, 6.07) is 7.82. The van der Waals surface area contributed by atoms with E-state index in [1.165, 1.54) is 19.2 Å². The molecule has 0 radical (unpaired) electrons. The number of carbonyl (C=O) groups is 1. The number of carbonyl (C=O) groups excluding carboxylic acids is 1. The van der Waals surface area contributed by atoms with Crippen molar-refractivity contribution < 1.29 is 36.2 Å². The number of piperidine rings is 1. The van der Waals surface area contributed by atoms with Gasteiger partial charge in [-0.1, -0.05) is 12.1 Å². The molecule has 2 aromatic carbocycles. The van der Waals surface area contributed by atoms with Crippen LogP contribution in [0.2, 0.25) is 0 Å². The largest absolute Gasteiger partial charge is 0.496 e. The number of hydrogen-bond acceptors (Lipinski definition) is 5. The highest BCUT2D eigenvalue weighted by Crippen LogP contribution is 2.39. The Hall–Kier alpha value is -2.53. The van der Waals surface area contributed by atoms with Gasteiger partial charge in [-0.2, -0.15) is 22.0 Å². The monoisotopic (exact) mass is 504 g/mol. The van der Waals surface area contributed by atoms with Crippen molar-refractivity contribution in [3.05, 3.63) is 53.1 Å². The van der Waals surface area contributed by atoms with E-state index in [-0.39, 0.29) is 22.0 Å². The molecule has 1 saturated heterocycles. The first-order valence-electron chi connectivity index (χ1n) is 10.4. The summed E-state index contributed by atoms with van der Waals surface area (Å²) >= 11 is 0.996. The van der Waals surface area contributed by atoms with E-state index in [4.69, 9.17) is 4.74 Å². The van der Waals surface area contributed by atoms with Crippen molar-refractivity contribution >= 4 is 17.7 Å². The van der Waals surface area contributed by atoms with Gasteiger partial charge >= 0.3 is 12.8 Å². The van der Waals surface area contributed by atoms with E-state index in [2.05, 4.69) is 10.1 Å². The molecule has 0 saturated carbocycles. The minimum absolute atomic E-state index is 0.0180. The minimum atomic E-state index is -4.61. The number of alkyl halides is 5. The predicted molar refractivity (Wildman–Crippen MR) is 119 cm³/mol. The first-order valence-corrected chi connectivity index (χ1v) is 11.6. The lowest BCUT2D eigenvalue weighted by Gasteiger charge is -2.43. The van der Waals surface area contributed by atoms with Crippen molar-refractivity contribution in [2.45, 2.75) is 36.1 Å². The Labute approximate surface area is 198 Å². The molecule has 1 heterocycles. The van der Waals surface area contributed by atoms with Gasteiger partial charge < -0.3 is 19.7 Å². The van der Waals surface area contributed by atoms with E-state index in [1.54, 1.807) is 18.4 Å². The maximum Gasteiger partial charge on any atom is 0.416 e. The SMILES string of the molecule is COc1cc(C(F)(F)F)cc(SC)c1C(=O)NC1(c2cccc(OC(F)F)c2)CCCN(C)C1. The van der Waals surface area contributed by atoms with Crippen molar-refractivity contribution in [2.24, 2.45) is 0 Å². The second-order valence-corrected chi connectivity index (χ2v) is 8.89. The maximum absolute atomic E-state index is 13.5. The fraction of sp³-hybridized carbons (Fsp3) is 0.435. The third-order valence-corrected chi connectivity index (χ3v) is 6.47. The number of methoxy groups -OCH3 is 1. The van der Waals surface area contributed by atoms with Gasteiger partial charge in [0.25, 0.3) is 5.91 Å². The molecule has 5 nitrogen and oxygen atoms in total. The van der Waals surface area contributed by atoms with E-state index in [9.17, 15) is 26.7 Å². The van der Waals surface area contributed by atoms with Crippen molar-refractivity contribution in [3.8, 4) is 11.5 Å². The van der Waals surface area contributed by atoms with Gasteiger partial charge in [-0.25, -0.2) is 0 Å². The first-order chi connectivity index (χ1) is 16.0. The lowest BCUT2D eigenvalue weighted by molar-refractivity contribution is -0.137. The maximum atomic E-state index is 13.5. The quantitative estimate of drug-likeness (QED) is 0.405. The standard InChI is InChI=1S/C23H25F5N2O3S/c1-30-9-5-8-22(13-30,14-6-4-7-16(10-14)33-21(24)25)29-20(31)19-17(32-2)11-15(23(26,27)28)12-18(19)34-3/h4,6-7,10-12,21H,5,8-9,13H2,1-3H3,(H,29,31). The molecule has 1 aliphatic rings. The first kappa shape index (κ1) is 26.1. The molecule has 34 heavy (non-hydrogen) atoms. The molecule has 186 valence electrons. The highest BCUT2D eigenvalue weighted by molar-refractivity contribution is 7.98. The Bertz CT molecular complexity index is 1010. The zero-order valence-corrected chi connectivity index (χ0v) is 19.7. The van der Waals surface area contributed by atoms with Crippen LogP contribution in [-0.2, 0) is 11.7 Å². The summed E-state index contributed by atoms with van der Waals surface area (Å²) in [5, 5.41) is 2.99. The van der Waals surface area contributed by atoms with Crippen LogP contribution >= 0.6 is 11.8 Å². The molecule has 0 bridgehead atoms. The summed E-state index contributed by atoms with van der Waals surface area (Å²) < 4.78 is 75.3. The van der Waals surface area contributed by atoms with E-state index in [0.29, 0.717) is 24.9 Å². The second-order valence-electron chi connectivity index (χ2n) is 8.04. The summed E-state index contributed by atoms with van der Waals surface area (Å²) in [6.45, 7) is -1.87. The van der Waals surface area contributed by atoms with Crippen LogP contribution < -0.4 is 14.8 Å². The summed E-state index contributed by atoms with van der Waals surface area (Å²) in [5.41, 5.74) is -1.36. The van der Waals surface area contributed by atoms with Crippen molar-refractivity contribution in [2.75, 3.05) is 33.5 Å². The molecule has 1 amide bonds. The summed E-state index contributed by atoms with van der Waals surface area (Å²) in [5.74, 6) is -0.873. The number of thioether (sulfide) groups is 1. The van der Waals surface area contributed by atoms with Crippen LogP contribution in [0.5, 0.6) is 11.5 Å². The van der Waals surface area contributed by atoms with Gasteiger partial charge in [0.05, 0.1) is 23.8 Å². The smallest absolute Gasteiger partial charge is 0.416 e. The predicted octanol–water partition coefficient (Wildman–Crippen LogP) is 5.39. The Morgan fingerprint density at radius 2 is 1.97 bits per heavy atom. The molecule has 1 aliphatic heterocycles. The number of nitrogens with one attached hydrogen (secondary N) is 1. The number of likely N-dealkylation sites (N-methyl/N-ethyl adjacent to an activating group) is 1. The van der Waals surface area contributed by atoms with E-state index in [1.807, 2.05) is 11.9 Å². The number of hydrogen-bond donors (Lipinski definition) is 1. The summed E-state index contributed by atoms with van der Waals surface area (Å²) in [7, 11) is 3.07. The number of likely N-dealkylation sites (tertiary alicyclic amines) is 1. The highest BCUT2D eigenvalue weighted by Gasteiger charge is 2.40. The van der Waals surface area contributed by atoms with E-state index >= 15 is 0 Å². The Balaban J connectivity index is 2.06. The zero-order valence-electron chi connectivity index (χ0n) is 18.8. The van der Waals surface area contributed by atoms with Crippen molar-refractivity contribution in [1.29, 1.82) is 0 Å². The van der Waals surface area contributed by atoms with Crippen LogP contribution in [0, 0.1) is 0 Å². The lowest BCUT2D eigenvalue weighted by Crippen LogP contribution is -2.55. The molecular weight excluding hydrogens is 479 g/mol. The van der Waals surface area contributed by atoms with Crippen LogP contribution in [0.3, 0.4) is 0 Å². The van der Waals surface area contributed by atoms with Crippen molar-refractivity contribution in [1.82, 2.24) is 10.2 Å². The van der Waals surface area contributed by atoms with Gasteiger partial charge in [0, 0.05) is 11.4 Å². The molecule has 11 heteroatoms. The third-order valence-electron chi connectivity index (χ3n) is 5.71. The molecule has 1 unspecified atom stereocenters. The van der Waals surface area contributed by atoms with E-state index in [0.717, 1.165) is 30.4 Å². The van der Waals surface area contributed by atoms with Gasteiger partial charge in [0.15, 0.2) is 0 Å². The number of amides is 1. The molecule has 0 aromatic heterocycles. The second kappa shape index (κ2) is 10.4. The lowest BCUT2D eigenvalue weighted by atomic mass is 9.81. The van der Waals surface area contributed by atoms with E-state index < -0.39 is 29.8 Å². The number of rotatable bonds is 7. The van der Waals surface area contributed by atoms with Gasteiger partial charge in [-0.05, 0) is 62.5 Å². The number of nitrogens with zero attached hydrogens (tertiary/aromatic N) is 1. The summed E-state index contributed by atoms with van der Waals surface area (Å²) in [6.07, 6.45) is -1.83. The molecule has 1 atom stereocenters. The van der Waals surface area contributed by atoms with Crippen molar-refractivity contribution in [3.63, 3.8) is 0 Å². The molecule has 1 N–H and O–H groups in total. The van der Waals surface area contributed by atoms with Gasteiger partial charge in [-0.3, -0.25) is 4.79 Å². The van der Waals surface area contributed by atoms with Gasteiger partial charge in [0.2, 0.25) is 0 Å². The van der Waals surface area contributed by atoms with Gasteiger partial charge in [0.1, 0.15) is 11.5 Å². The van der Waals surface area contributed by atoms with Gasteiger partial charge in [-0.15, -0.1) is 11.8 Å². The number of halogens is 5. The normalized spacial score (nSPS) is 19.2. The molecule has 0 spiro atoms. The Morgan fingerprint density at radius 1 is 1.24 bits per heavy atom. The van der Waals surface area contributed by atoms with Crippen LogP contribution in [-0.4, -0.2) is 50.9 Å². The average molecular weight is 505 g/mol. The minimum Gasteiger partial charge on any atom is -0.496 e. The fourth-order valence-electron chi connectivity index (χ4n) is 4.23. The average Bonchev–Trinajstić information content (AvgIpc) is 2.77. The molecular formula is C23H25F5N2O3S. The highest BCUT2D eigenvalue weighted by atomic mass is 32.2. The number of benzene rings is 2. The van der Waals surface area contributed by atoms with Crippen LogP contribution in [0.25, 0.3) is 0 Å². The topological polar surface area (TPSA) is 50.8 Å². The zero-order chi connectivity index (χ0) is 25.1. The van der Waals surface area contributed by atoms with Crippen LogP contribution in [0.1, 0.15) is 34.3 Å². The molecule has 2 aromatic rings. The number of ether oxygens (including phenoxy) is 2. The third kappa shape index (κ3) is 5.75. The Kier molecular flexibility index (Phi) is 7.97. The fourth-order valence-corrected chi connectivity index (χ4v) is 4.87. The van der Waals surface area contributed by atoms with Crippen LogP contribution in [0.15, 0.2) is 41.3 Å². The molecule has 3 rings (SSSR count). The summed E-state index contributed by atoms with van der Waals surface area (Å²) in [4.78, 5) is 15.6.